The van der Waals surface area contributed by atoms with Crippen molar-refractivity contribution in [2.75, 3.05) is 6.61 Å². The van der Waals surface area contributed by atoms with Gasteiger partial charge >= 0.3 is 6.09 Å². The lowest BCUT2D eigenvalue weighted by molar-refractivity contribution is -0.306. The van der Waals surface area contributed by atoms with E-state index in [0.717, 1.165) is 27.8 Å². The molecule has 0 spiro atoms. The van der Waals surface area contributed by atoms with E-state index in [1.54, 1.807) is 11.4 Å². The fourth-order valence-corrected chi connectivity index (χ4v) is 4.39. The topological polar surface area (TPSA) is 78.5 Å². The van der Waals surface area contributed by atoms with Gasteiger partial charge in [0.2, 0.25) is 0 Å². The summed E-state index contributed by atoms with van der Waals surface area (Å²) in [7, 11) is 0. The molecule has 1 heterocycles. The Balaban J connectivity index is 1.47. The Kier molecular flexibility index (Phi) is 5.12. The number of rotatable bonds is 6. The minimum absolute atomic E-state index is 0.0427. The van der Waals surface area contributed by atoms with Crippen LogP contribution in [0.4, 0.5) is 4.79 Å². The molecule has 0 aliphatic heterocycles. The second kappa shape index (κ2) is 7.86. The summed E-state index contributed by atoms with van der Waals surface area (Å²) < 4.78 is 5.49. The Labute approximate surface area is 166 Å². The number of benzene rings is 2. The number of carboxylic acids is 1. The predicted molar refractivity (Wildman–Crippen MR) is 105 cm³/mol. The highest BCUT2D eigenvalue weighted by Crippen LogP contribution is 2.44. The number of carbonyl (C=O) groups is 2. The van der Waals surface area contributed by atoms with E-state index in [4.69, 9.17) is 4.74 Å². The van der Waals surface area contributed by atoms with Gasteiger partial charge in [-0.15, -0.1) is 0 Å². The van der Waals surface area contributed by atoms with E-state index in [2.05, 4.69) is 17.4 Å². The third-order valence-electron chi connectivity index (χ3n) is 4.95. The first-order chi connectivity index (χ1) is 13.6. The van der Waals surface area contributed by atoms with Crippen molar-refractivity contribution in [1.29, 1.82) is 0 Å². The molecule has 0 radical (unpaired) electrons. The molecule has 142 valence electrons. The van der Waals surface area contributed by atoms with Crippen LogP contribution in [-0.4, -0.2) is 18.7 Å². The number of alkyl carbamates (subject to hydrolysis) is 1. The summed E-state index contributed by atoms with van der Waals surface area (Å²) in [6, 6.07) is 17.3. The quantitative estimate of drug-likeness (QED) is 0.697. The molecule has 3 aromatic rings. The van der Waals surface area contributed by atoms with E-state index in [0.29, 0.717) is 0 Å². The molecule has 0 unspecified atom stereocenters. The van der Waals surface area contributed by atoms with Crippen molar-refractivity contribution in [3.8, 4) is 11.1 Å². The van der Waals surface area contributed by atoms with Gasteiger partial charge in [-0.25, -0.2) is 4.79 Å². The largest absolute Gasteiger partial charge is 0.550 e. The first kappa shape index (κ1) is 18.3. The molecule has 1 atom stereocenters. The zero-order valence-electron chi connectivity index (χ0n) is 15.0. The average molecular weight is 392 g/mol. The average Bonchev–Trinajstić information content (AvgIpc) is 3.32. The maximum absolute atomic E-state index is 12.4. The Bertz CT molecular complexity index is 954. The van der Waals surface area contributed by atoms with Gasteiger partial charge in [-0.05, 0) is 44.6 Å². The number of carbonyl (C=O) groups excluding carboxylic acids is 2. The molecule has 0 bridgehead atoms. The van der Waals surface area contributed by atoms with Crippen LogP contribution >= 0.6 is 11.3 Å². The van der Waals surface area contributed by atoms with Crippen LogP contribution in [0.1, 0.15) is 35.1 Å². The van der Waals surface area contributed by atoms with Crippen LogP contribution in [0.5, 0.6) is 0 Å². The molecular weight excluding hydrogens is 374 g/mol. The molecule has 5 nitrogen and oxygen atoms in total. The van der Waals surface area contributed by atoms with Gasteiger partial charge in [-0.2, -0.15) is 11.3 Å². The van der Waals surface area contributed by atoms with Crippen LogP contribution in [0.2, 0.25) is 0 Å². The summed E-state index contributed by atoms with van der Waals surface area (Å²) in [6.07, 6.45) is -0.944. The number of fused-ring (bicyclic) bond motifs is 3. The van der Waals surface area contributed by atoms with E-state index in [1.165, 1.54) is 11.3 Å². The molecular formula is C22H18NO4S-. The van der Waals surface area contributed by atoms with Gasteiger partial charge in [0, 0.05) is 18.3 Å². The zero-order valence-corrected chi connectivity index (χ0v) is 15.8. The third kappa shape index (κ3) is 3.64. The Morgan fingerprint density at radius 3 is 2.25 bits per heavy atom. The Morgan fingerprint density at radius 1 is 1.04 bits per heavy atom. The van der Waals surface area contributed by atoms with Gasteiger partial charge in [-0.3, -0.25) is 0 Å². The second-order valence-electron chi connectivity index (χ2n) is 6.66. The number of hydrogen-bond acceptors (Lipinski definition) is 5. The lowest BCUT2D eigenvalue weighted by atomic mass is 9.98. The van der Waals surface area contributed by atoms with Crippen LogP contribution in [0, 0.1) is 0 Å². The van der Waals surface area contributed by atoms with Gasteiger partial charge in [0.25, 0.3) is 0 Å². The zero-order chi connectivity index (χ0) is 19.5. The van der Waals surface area contributed by atoms with Gasteiger partial charge < -0.3 is 20.0 Å². The van der Waals surface area contributed by atoms with Crippen molar-refractivity contribution in [3.05, 3.63) is 82.0 Å². The van der Waals surface area contributed by atoms with Gasteiger partial charge in [0.1, 0.15) is 6.61 Å². The highest BCUT2D eigenvalue weighted by atomic mass is 32.1. The van der Waals surface area contributed by atoms with Crippen molar-refractivity contribution in [1.82, 2.24) is 5.32 Å². The van der Waals surface area contributed by atoms with E-state index >= 15 is 0 Å². The monoisotopic (exact) mass is 392 g/mol. The normalized spacial score (nSPS) is 13.4. The first-order valence-electron chi connectivity index (χ1n) is 8.97. The summed E-state index contributed by atoms with van der Waals surface area (Å²) in [5.41, 5.74) is 5.28. The Hall–Kier alpha value is -3.12. The lowest BCUT2D eigenvalue weighted by Crippen LogP contribution is -2.34. The minimum Gasteiger partial charge on any atom is -0.550 e. The van der Waals surface area contributed by atoms with Crippen molar-refractivity contribution in [2.24, 2.45) is 0 Å². The summed E-state index contributed by atoms with van der Waals surface area (Å²) in [5.74, 6) is -1.27. The Morgan fingerprint density at radius 2 is 1.68 bits per heavy atom. The summed E-state index contributed by atoms with van der Waals surface area (Å²) >= 11 is 1.43. The molecule has 0 saturated carbocycles. The van der Waals surface area contributed by atoms with Crippen molar-refractivity contribution >= 4 is 23.4 Å². The maximum atomic E-state index is 12.4. The predicted octanol–water partition coefficient (Wildman–Crippen LogP) is 3.47. The van der Waals surface area contributed by atoms with Crippen molar-refractivity contribution in [2.45, 2.75) is 18.4 Å². The first-order valence-corrected chi connectivity index (χ1v) is 9.91. The number of carboxylic acid groups (broad SMARTS) is 1. The standard InChI is InChI=1S/C22H19NO4S/c24-21(25)11-20(14-9-10-28-13-14)23-22(26)27-12-19-17-7-3-1-5-15(17)16-6-2-4-8-18(16)19/h1-10,13,19-20H,11-12H2,(H,23,26)(H,24,25)/p-1/t20-/m1/s1. The SMILES string of the molecule is O=C([O-])C[C@@H](NC(=O)OCC1c2ccccc2-c2ccccc21)c1ccsc1. The van der Waals surface area contributed by atoms with Crippen LogP contribution in [-0.2, 0) is 9.53 Å². The fourth-order valence-electron chi connectivity index (χ4n) is 3.67. The molecule has 1 aliphatic rings. The third-order valence-corrected chi connectivity index (χ3v) is 5.65. The van der Waals surface area contributed by atoms with E-state index in [1.807, 2.05) is 41.8 Å². The molecule has 0 fully saturated rings. The number of thiophene rings is 1. The number of ether oxygens (including phenoxy) is 1. The smallest absolute Gasteiger partial charge is 0.407 e. The highest BCUT2D eigenvalue weighted by Gasteiger charge is 2.29. The molecule has 1 N–H and O–H groups in total. The van der Waals surface area contributed by atoms with Gasteiger partial charge in [0.15, 0.2) is 0 Å². The maximum Gasteiger partial charge on any atom is 0.407 e. The highest BCUT2D eigenvalue weighted by molar-refractivity contribution is 7.08. The second-order valence-corrected chi connectivity index (χ2v) is 7.44. The number of hydrogen-bond donors (Lipinski definition) is 1. The van der Waals surface area contributed by atoms with E-state index in [9.17, 15) is 14.7 Å². The molecule has 4 rings (SSSR count). The fraction of sp³-hybridized carbons (Fsp3) is 0.182. The molecule has 1 aromatic heterocycles. The van der Waals surface area contributed by atoms with Crippen molar-refractivity contribution < 1.29 is 19.4 Å². The molecule has 1 amide bonds. The van der Waals surface area contributed by atoms with Crippen LogP contribution < -0.4 is 10.4 Å². The van der Waals surface area contributed by atoms with E-state index < -0.39 is 18.1 Å². The molecule has 1 aliphatic carbocycles. The number of aliphatic carboxylic acids is 1. The van der Waals surface area contributed by atoms with Crippen LogP contribution in [0.15, 0.2) is 65.4 Å². The van der Waals surface area contributed by atoms with Gasteiger partial charge in [0.05, 0.1) is 6.04 Å². The summed E-state index contributed by atoms with van der Waals surface area (Å²) in [5, 5.41) is 17.3. The lowest BCUT2D eigenvalue weighted by Gasteiger charge is -2.20. The van der Waals surface area contributed by atoms with Crippen molar-refractivity contribution in [3.63, 3.8) is 0 Å². The number of nitrogens with one attached hydrogen (secondary N) is 1. The molecule has 2 aromatic carbocycles. The molecule has 28 heavy (non-hydrogen) atoms. The van der Waals surface area contributed by atoms with E-state index in [-0.39, 0.29) is 18.9 Å². The van der Waals surface area contributed by atoms with Crippen LogP contribution in [0.25, 0.3) is 11.1 Å². The summed E-state index contributed by atoms with van der Waals surface area (Å²) in [6.45, 7) is 0.182. The minimum atomic E-state index is -1.23. The molecule has 0 saturated heterocycles. The molecule has 6 heteroatoms. The van der Waals surface area contributed by atoms with Gasteiger partial charge in [-0.1, -0.05) is 48.5 Å². The van der Waals surface area contributed by atoms with Crippen LogP contribution in [0.3, 0.4) is 0 Å². The summed E-state index contributed by atoms with van der Waals surface area (Å²) in [4.78, 5) is 23.4. The number of amides is 1.